The van der Waals surface area contributed by atoms with Crippen molar-refractivity contribution in [2.45, 2.75) is 58.0 Å². The number of methoxy groups -OCH3 is 1. The molecule has 1 aromatic rings. The van der Waals surface area contributed by atoms with Crippen LogP contribution < -0.4 is 4.74 Å². The van der Waals surface area contributed by atoms with E-state index < -0.39 is 0 Å². The van der Waals surface area contributed by atoms with Gasteiger partial charge in [0.2, 0.25) is 0 Å². The first kappa shape index (κ1) is 15.7. The van der Waals surface area contributed by atoms with Crippen LogP contribution in [0.1, 0.15) is 61.4 Å². The minimum atomic E-state index is -0.352. The van der Waals surface area contributed by atoms with Crippen molar-refractivity contribution in [3.8, 4) is 11.5 Å². The van der Waals surface area contributed by atoms with Crippen molar-refractivity contribution >= 4 is 5.97 Å². The smallest absolute Gasteiger partial charge is 0.342 e. The van der Waals surface area contributed by atoms with Gasteiger partial charge in [0.15, 0.2) is 0 Å². The van der Waals surface area contributed by atoms with E-state index in [4.69, 9.17) is 9.47 Å². The number of hydrogen-bond acceptors (Lipinski definition) is 4. The number of aromatic hydroxyl groups is 1. The fraction of sp³-hybridized carbons (Fsp3) is 0.588. The lowest BCUT2D eigenvalue weighted by molar-refractivity contribution is 0.0314. The predicted octanol–water partition coefficient (Wildman–Crippen LogP) is 3.84. The van der Waals surface area contributed by atoms with E-state index in [0.29, 0.717) is 11.3 Å². The number of carbonyl (C=O) groups is 1. The molecule has 1 heterocycles. The van der Waals surface area contributed by atoms with Crippen LogP contribution in [-0.4, -0.2) is 24.3 Å². The molecule has 116 valence electrons. The van der Waals surface area contributed by atoms with Gasteiger partial charge >= 0.3 is 5.97 Å². The van der Waals surface area contributed by atoms with Crippen LogP contribution >= 0.6 is 0 Å². The Kier molecular flexibility index (Phi) is 5.48. The monoisotopic (exact) mass is 292 g/mol. The highest BCUT2D eigenvalue weighted by molar-refractivity contribution is 5.94. The molecule has 1 N–H and O–H groups in total. The average molecular weight is 292 g/mol. The van der Waals surface area contributed by atoms with Gasteiger partial charge in [0.1, 0.15) is 17.1 Å². The highest BCUT2D eigenvalue weighted by Gasteiger charge is 2.22. The minimum Gasteiger partial charge on any atom is -0.508 e. The van der Waals surface area contributed by atoms with Crippen LogP contribution in [0.25, 0.3) is 0 Å². The molecule has 1 aliphatic heterocycles. The second-order valence-electron chi connectivity index (χ2n) is 5.70. The summed E-state index contributed by atoms with van der Waals surface area (Å²) < 4.78 is 10.8. The molecule has 2 rings (SSSR count). The van der Waals surface area contributed by atoms with E-state index in [1.807, 2.05) is 6.92 Å². The average Bonchev–Trinajstić information content (AvgIpc) is 2.44. The summed E-state index contributed by atoms with van der Waals surface area (Å²) >= 11 is 0. The molecule has 0 amide bonds. The maximum absolute atomic E-state index is 12.4. The van der Waals surface area contributed by atoms with Crippen molar-refractivity contribution in [3.63, 3.8) is 0 Å². The molecule has 0 fully saturated rings. The van der Waals surface area contributed by atoms with Gasteiger partial charge in [-0.05, 0) is 44.2 Å². The molecule has 4 nitrogen and oxygen atoms in total. The molecule has 0 radical (unpaired) electrons. The molecule has 1 aliphatic rings. The lowest BCUT2D eigenvalue weighted by atomic mass is 9.98. The topological polar surface area (TPSA) is 55.8 Å². The highest BCUT2D eigenvalue weighted by Crippen LogP contribution is 2.31. The number of hydrogen-bond donors (Lipinski definition) is 1. The molecular formula is C17H24O4. The lowest BCUT2D eigenvalue weighted by Gasteiger charge is -2.18. The van der Waals surface area contributed by atoms with E-state index in [-0.39, 0.29) is 17.8 Å². The Labute approximate surface area is 126 Å². The second kappa shape index (κ2) is 7.34. The number of ether oxygens (including phenoxy) is 2. The van der Waals surface area contributed by atoms with Crippen LogP contribution in [0.3, 0.4) is 0 Å². The zero-order valence-corrected chi connectivity index (χ0v) is 12.9. The van der Waals surface area contributed by atoms with E-state index in [1.165, 1.54) is 26.0 Å². The number of phenols is 1. The Morgan fingerprint density at radius 3 is 2.67 bits per heavy atom. The summed E-state index contributed by atoms with van der Waals surface area (Å²) in [5, 5.41) is 9.79. The minimum absolute atomic E-state index is 0.0942. The van der Waals surface area contributed by atoms with Crippen LogP contribution in [-0.2, 0) is 11.2 Å². The fourth-order valence-electron chi connectivity index (χ4n) is 2.83. The molecule has 0 aliphatic carbocycles. The Morgan fingerprint density at radius 2 is 1.90 bits per heavy atom. The molecule has 0 saturated heterocycles. The van der Waals surface area contributed by atoms with Crippen molar-refractivity contribution in [2.75, 3.05) is 7.11 Å². The molecule has 0 aromatic heterocycles. The molecule has 1 atom stereocenters. The van der Waals surface area contributed by atoms with Crippen molar-refractivity contribution in [3.05, 3.63) is 23.3 Å². The summed E-state index contributed by atoms with van der Waals surface area (Å²) in [6, 6.07) is 3.12. The maximum atomic E-state index is 12.4. The molecule has 0 bridgehead atoms. The molecule has 4 heteroatoms. The highest BCUT2D eigenvalue weighted by atomic mass is 16.5. The molecular weight excluding hydrogens is 268 g/mol. The van der Waals surface area contributed by atoms with Crippen LogP contribution in [0.2, 0.25) is 0 Å². The van der Waals surface area contributed by atoms with E-state index in [9.17, 15) is 9.90 Å². The predicted molar refractivity (Wildman–Crippen MR) is 80.9 cm³/mol. The summed E-state index contributed by atoms with van der Waals surface area (Å²) in [6.45, 7) is 1.93. The molecule has 0 spiro atoms. The van der Waals surface area contributed by atoms with Crippen molar-refractivity contribution in [1.82, 2.24) is 0 Å². The lowest BCUT2D eigenvalue weighted by Crippen LogP contribution is -2.18. The first-order valence-corrected chi connectivity index (χ1v) is 7.72. The van der Waals surface area contributed by atoms with Gasteiger partial charge in [-0.3, -0.25) is 0 Å². The largest absolute Gasteiger partial charge is 0.508 e. The van der Waals surface area contributed by atoms with Gasteiger partial charge in [-0.25, -0.2) is 4.79 Å². The third-order valence-electron chi connectivity index (χ3n) is 3.96. The number of rotatable bonds is 1. The summed E-state index contributed by atoms with van der Waals surface area (Å²) in [6.07, 6.45) is 7.16. The zero-order chi connectivity index (χ0) is 15.2. The van der Waals surface area contributed by atoms with E-state index in [1.54, 1.807) is 6.07 Å². The number of aryl methyl sites for hydroxylation is 1. The fourth-order valence-corrected chi connectivity index (χ4v) is 2.83. The number of phenolic OH excluding ortho intramolecular Hbond substituents is 1. The van der Waals surface area contributed by atoms with Gasteiger partial charge in [0.25, 0.3) is 0 Å². The van der Waals surface area contributed by atoms with Gasteiger partial charge in [-0.15, -0.1) is 0 Å². The normalized spacial score (nSPS) is 20.7. The third-order valence-corrected chi connectivity index (χ3v) is 3.96. The van der Waals surface area contributed by atoms with Crippen molar-refractivity contribution < 1.29 is 19.4 Å². The van der Waals surface area contributed by atoms with E-state index in [0.717, 1.165) is 37.7 Å². The van der Waals surface area contributed by atoms with Gasteiger partial charge in [0.05, 0.1) is 13.2 Å². The second-order valence-corrected chi connectivity index (χ2v) is 5.70. The van der Waals surface area contributed by atoms with Crippen molar-refractivity contribution in [1.29, 1.82) is 0 Å². The van der Waals surface area contributed by atoms with Gasteiger partial charge < -0.3 is 14.6 Å². The first-order valence-electron chi connectivity index (χ1n) is 7.72. The first-order chi connectivity index (χ1) is 10.1. The number of cyclic esters (lactones) is 1. The van der Waals surface area contributed by atoms with Crippen LogP contribution in [0.5, 0.6) is 11.5 Å². The van der Waals surface area contributed by atoms with Gasteiger partial charge in [0, 0.05) is 6.07 Å². The Bertz CT molecular complexity index is 496. The number of fused-ring (bicyclic) bond motifs is 1. The number of carbonyl (C=O) groups excluding carboxylic acids is 1. The van der Waals surface area contributed by atoms with Crippen LogP contribution in [0.15, 0.2) is 12.1 Å². The Morgan fingerprint density at radius 1 is 1.19 bits per heavy atom. The van der Waals surface area contributed by atoms with Crippen LogP contribution in [0, 0.1) is 0 Å². The molecule has 1 aromatic carbocycles. The van der Waals surface area contributed by atoms with Crippen molar-refractivity contribution in [2.24, 2.45) is 0 Å². The van der Waals surface area contributed by atoms with E-state index in [2.05, 4.69) is 0 Å². The molecule has 21 heavy (non-hydrogen) atoms. The summed E-state index contributed by atoms with van der Waals surface area (Å²) in [7, 11) is 1.50. The molecule has 0 saturated carbocycles. The Hall–Kier alpha value is -1.71. The summed E-state index contributed by atoms with van der Waals surface area (Å²) in [5.74, 6) is 0.160. The molecule has 0 unspecified atom stereocenters. The SMILES string of the molecule is COc1cc(O)cc2c1C(=O)O[C@H](C)CCCCCCC2. The standard InChI is InChI=1S/C17H24O4/c1-12-8-6-4-3-5-7-9-13-10-14(18)11-15(20-2)16(13)17(19)21-12/h10-12,18H,3-9H2,1-2H3/t12-/m1/s1. The number of benzene rings is 1. The van der Waals surface area contributed by atoms with Crippen LogP contribution in [0.4, 0.5) is 0 Å². The summed E-state index contributed by atoms with van der Waals surface area (Å²) in [5.41, 5.74) is 1.27. The summed E-state index contributed by atoms with van der Waals surface area (Å²) in [4.78, 5) is 12.4. The maximum Gasteiger partial charge on any atom is 0.342 e. The van der Waals surface area contributed by atoms with Gasteiger partial charge in [-0.1, -0.05) is 19.3 Å². The third kappa shape index (κ3) is 4.13. The Balaban J connectivity index is 2.35. The van der Waals surface area contributed by atoms with Gasteiger partial charge in [-0.2, -0.15) is 0 Å². The zero-order valence-electron chi connectivity index (χ0n) is 12.9. The van der Waals surface area contributed by atoms with E-state index >= 15 is 0 Å². The quantitative estimate of drug-likeness (QED) is 0.799. The number of esters is 1.